The predicted molar refractivity (Wildman–Crippen MR) is 79.1 cm³/mol. The van der Waals surface area contributed by atoms with Crippen LogP contribution in [0.5, 0.6) is 5.75 Å². The van der Waals surface area contributed by atoms with E-state index >= 15 is 0 Å². The van der Waals surface area contributed by atoms with E-state index in [1.807, 2.05) is 0 Å². The van der Waals surface area contributed by atoms with Gasteiger partial charge in [0.05, 0.1) is 18.1 Å². The molecule has 1 rings (SSSR count). The molecule has 2 N–H and O–H groups in total. The third kappa shape index (κ3) is 4.23. The first-order valence-corrected chi connectivity index (χ1v) is 6.92. The number of benzene rings is 1. The highest BCUT2D eigenvalue weighted by molar-refractivity contribution is 9.10. The number of methoxy groups -OCH3 is 1. The largest absolute Gasteiger partial charge is 0.496 e. The molecule has 0 unspecified atom stereocenters. The van der Waals surface area contributed by atoms with Crippen LogP contribution in [0.4, 0.5) is 0 Å². The minimum Gasteiger partial charge on any atom is -0.496 e. The van der Waals surface area contributed by atoms with Gasteiger partial charge in [0.1, 0.15) is 5.75 Å². The summed E-state index contributed by atoms with van der Waals surface area (Å²) in [6.07, 6.45) is 0.354. The number of carboxylic acids is 1. The van der Waals surface area contributed by atoms with Crippen LogP contribution in [-0.2, 0) is 4.79 Å². The van der Waals surface area contributed by atoms with Gasteiger partial charge in [-0.25, -0.2) is 0 Å². The summed E-state index contributed by atoms with van der Waals surface area (Å²) in [4.78, 5) is 23.0. The summed E-state index contributed by atoms with van der Waals surface area (Å²) in [5.74, 6) is -0.696. The zero-order valence-corrected chi connectivity index (χ0v) is 13.3. The van der Waals surface area contributed by atoms with Crippen molar-refractivity contribution in [1.82, 2.24) is 5.32 Å². The topological polar surface area (TPSA) is 75.6 Å². The zero-order chi connectivity index (χ0) is 15.3. The van der Waals surface area contributed by atoms with Crippen molar-refractivity contribution in [3.8, 4) is 5.75 Å². The van der Waals surface area contributed by atoms with E-state index in [1.165, 1.54) is 7.11 Å². The Bertz CT molecular complexity index is 514. The van der Waals surface area contributed by atoms with Gasteiger partial charge in [-0.3, -0.25) is 9.59 Å². The van der Waals surface area contributed by atoms with Gasteiger partial charge in [0.2, 0.25) is 0 Å². The molecule has 0 aliphatic carbocycles. The number of amides is 1. The highest BCUT2D eigenvalue weighted by Crippen LogP contribution is 2.24. The Morgan fingerprint density at radius 1 is 1.40 bits per heavy atom. The maximum absolute atomic E-state index is 12.0. The number of nitrogens with one attached hydrogen (secondary N) is 1. The third-order valence-electron chi connectivity index (χ3n) is 3.02. The van der Waals surface area contributed by atoms with Gasteiger partial charge in [-0.1, -0.05) is 15.9 Å². The van der Waals surface area contributed by atoms with Crippen LogP contribution in [0.2, 0.25) is 0 Å². The highest BCUT2D eigenvalue weighted by atomic mass is 79.9. The molecule has 5 nitrogen and oxygen atoms in total. The van der Waals surface area contributed by atoms with Crippen LogP contribution >= 0.6 is 15.9 Å². The average molecular weight is 344 g/mol. The van der Waals surface area contributed by atoms with Crippen LogP contribution in [-0.4, -0.2) is 30.6 Å². The minimum absolute atomic E-state index is 0.282. The van der Waals surface area contributed by atoms with Gasteiger partial charge >= 0.3 is 5.97 Å². The molecule has 0 heterocycles. The van der Waals surface area contributed by atoms with E-state index < -0.39 is 11.4 Å². The van der Waals surface area contributed by atoms with E-state index in [0.29, 0.717) is 17.7 Å². The second kappa shape index (κ2) is 6.74. The van der Waals surface area contributed by atoms with Gasteiger partial charge < -0.3 is 15.2 Å². The van der Waals surface area contributed by atoms with Crippen molar-refractivity contribution in [3.05, 3.63) is 28.2 Å². The maximum Gasteiger partial charge on any atom is 0.309 e. The van der Waals surface area contributed by atoms with Crippen molar-refractivity contribution >= 4 is 27.8 Å². The Labute approximate surface area is 126 Å². The summed E-state index contributed by atoms with van der Waals surface area (Å²) in [5, 5.41) is 11.7. The van der Waals surface area contributed by atoms with E-state index in [-0.39, 0.29) is 12.5 Å². The lowest BCUT2D eigenvalue weighted by atomic mass is 9.90. The second-order valence-electron chi connectivity index (χ2n) is 5.04. The first kappa shape index (κ1) is 16.5. The number of aliphatic carboxylic acids is 1. The first-order chi connectivity index (χ1) is 9.27. The van der Waals surface area contributed by atoms with E-state index in [0.717, 1.165) is 4.47 Å². The summed E-state index contributed by atoms with van der Waals surface area (Å²) in [5.41, 5.74) is -0.444. The fourth-order valence-corrected chi connectivity index (χ4v) is 1.88. The molecule has 0 bridgehead atoms. The smallest absolute Gasteiger partial charge is 0.309 e. The Balaban J connectivity index is 2.66. The summed E-state index contributed by atoms with van der Waals surface area (Å²) in [6.45, 7) is 3.54. The quantitative estimate of drug-likeness (QED) is 0.832. The number of carboxylic acid groups (broad SMARTS) is 1. The standard InChI is InChI=1S/C14H18BrNO4/c1-14(2,13(18)19)6-7-16-12(17)10-5-4-9(15)8-11(10)20-3/h4-5,8H,6-7H2,1-3H3,(H,16,17)(H,18,19). The number of rotatable bonds is 6. The lowest BCUT2D eigenvalue weighted by molar-refractivity contribution is -0.147. The van der Waals surface area contributed by atoms with Crippen molar-refractivity contribution in [3.63, 3.8) is 0 Å². The number of carbonyl (C=O) groups is 2. The molecule has 0 spiro atoms. The maximum atomic E-state index is 12.0. The summed E-state index contributed by atoms with van der Waals surface area (Å²) in [6, 6.07) is 5.11. The molecule has 1 aromatic carbocycles. The minimum atomic E-state index is -0.882. The monoisotopic (exact) mass is 343 g/mol. The molecule has 0 fully saturated rings. The van der Waals surface area contributed by atoms with Crippen LogP contribution in [0.3, 0.4) is 0 Å². The predicted octanol–water partition coefficient (Wildman–Crippen LogP) is 2.69. The summed E-state index contributed by atoms with van der Waals surface area (Å²) < 4.78 is 5.97. The number of carbonyl (C=O) groups excluding carboxylic acids is 1. The van der Waals surface area contributed by atoms with E-state index in [2.05, 4.69) is 21.2 Å². The second-order valence-corrected chi connectivity index (χ2v) is 5.96. The molecule has 20 heavy (non-hydrogen) atoms. The number of hydrogen-bond acceptors (Lipinski definition) is 3. The van der Waals surface area contributed by atoms with Gasteiger partial charge in [-0.05, 0) is 38.5 Å². The molecule has 110 valence electrons. The van der Waals surface area contributed by atoms with Gasteiger partial charge in [0.15, 0.2) is 0 Å². The van der Waals surface area contributed by atoms with Gasteiger partial charge in [0.25, 0.3) is 5.91 Å². The van der Waals surface area contributed by atoms with Gasteiger partial charge in [0, 0.05) is 11.0 Å². The normalized spacial score (nSPS) is 11.0. The van der Waals surface area contributed by atoms with Crippen molar-refractivity contribution in [1.29, 1.82) is 0 Å². The third-order valence-corrected chi connectivity index (χ3v) is 3.52. The number of ether oxygens (including phenoxy) is 1. The molecule has 0 radical (unpaired) electrons. The molecule has 0 atom stereocenters. The fraction of sp³-hybridized carbons (Fsp3) is 0.429. The van der Waals surface area contributed by atoms with Crippen molar-refractivity contribution in [2.45, 2.75) is 20.3 Å². The van der Waals surface area contributed by atoms with Gasteiger partial charge in [-0.15, -0.1) is 0 Å². The van der Waals surface area contributed by atoms with Crippen molar-refractivity contribution in [2.75, 3.05) is 13.7 Å². The SMILES string of the molecule is COc1cc(Br)ccc1C(=O)NCCC(C)(C)C(=O)O. The lowest BCUT2D eigenvalue weighted by Crippen LogP contribution is -2.32. The first-order valence-electron chi connectivity index (χ1n) is 6.13. The Kier molecular flexibility index (Phi) is 5.56. The zero-order valence-electron chi connectivity index (χ0n) is 11.7. The molecule has 0 saturated carbocycles. The number of hydrogen-bond donors (Lipinski definition) is 2. The van der Waals surface area contributed by atoms with Crippen LogP contribution in [0.25, 0.3) is 0 Å². The molecular formula is C14H18BrNO4. The molecule has 0 aliphatic rings. The van der Waals surface area contributed by atoms with Crippen LogP contribution in [0.1, 0.15) is 30.6 Å². The molecule has 0 saturated heterocycles. The van der Waals surface area contributed by atoms with E-state index in [1.54, 1.807) is 32.0 Å². The molecule has 0 aromatic heterocycles. The highest BCUT2D eigenvalue weighted by Gasteiger charge is 2.26. The Hall–Kier alpha value is -1.56. The molecular weight excluding hydrogens is 326 g/mol. The molecule has 0 aliphatic heterocycles. The lowest BCUT2D eigenvalue weighted by Gasteiger charge is -2.19. The van der Waals surface area contributed by atoms with Crippen molar-refractivity contribution in [2.24, 2.45) is 5.41 Å². The van der Waals surface area contributed by atoms with E-state index in [9.17, 15) is 9.59 Å². The fourth-order valence-electron chi connectivity index (χ4n) is 1.54. The summed E-state index contributed by atoms with van der Waals surface area (Å²) in [7, 11) is 1.49. The van der Waals surface area contributed by atoms with Crippen molar-refractivity contribution < 1.29 is 19.4 Å². The Morgan fingerprint density at radius 2 is 2.05 bits per heavy atom. The van der Waals surface area contributed by atoms with Crippen LogP contribution in [0.15, 0.2) is 22.7 Å². The molecule has 1 aromatic rings. The Morgan fingerprint density at radius 3 is 2.60 bits per heavy atom. The molecule has 1 amide bonds. The van der Waals surface area contributed by atoms with Crippen LogP contribution < -0.4 is 10.1 Å². The van der Waals surface area contributed by atoms with Gasteiger partial charge in [-0.2, -0.15) is 0 Å². The summed E-state index contributed by atoms with van der Waals surface area (Å²) >= 11 is 3.30. The van der Waals surface area contributed by atoms with Crippen LogP contribution in [0, 0.1) is 5.41 Å². The number of halogens is 1. The van der Waals surface area contributed by atoms with E-state index in [4.69, 9.17) is 9.84 Å². The molecule has 6 heteroatoms. The average Bonchev–Trinajstić information content (AvgIpc) is 2.37.